The van der Waals surface area contributed by atoms with E-state index in [2.05, 4.69) is 36.2 Å². The van der Waals surface area contributed by atoms with Crippen molar-refractivity contribution < 1.29 is 27.5 Å². The number of hydrogen-bond donors (Lipinski definition) is 2. The van der Waals surface area contributed by atoms with Crippen LogP contribution in [0, 0.1) is 11.3 Å². The topological polar surface area (TPSA) is 112 Å². The third-order valence-electron chi connectivity index (χ3n) is 7.30. The number of rotatable bonds is 5. The van der Waals surface area contributed by atoms with E-state index in [0.717, 1.165) is 29.3 Å². The van der Waals surface area contributed by atoms with E-state index < -0.39 is 23.7 Å². The van der Waals surface area contributed by atoms with Gasteiger partial charge < -0.3 is 15.8 Å². The first-order valence-electron chi connectivity index (χ1n) is 12.6. The number of carbonyl (C=O) groups excluding carboxylic acids is 2. The van der Waals surface area contributed by atoms with Crippen molar-refractivity contribution in [3.63, 3.8) is 0 Å². The molecule has 1 atom stereocenters. The lowest BCUT2D eigenvalue weighted by Crippen LogP contribution is -2.27. The molecule has 1 aliphatic carbocycles. The van der Waals surface area contributed by atoms with Gasteiger partial charge in [0.05, 0.1) is 18.4 Å². The summed E-state index contributed by atoms with van der Waals surface area (Å²) in [5.74, 6) is -0.489. The van der Waals surface area contributed by atoms with E-state index in [-0.39, 0.29) is 33.0 Å². The quantitative estimate of drug-likeness (QED) is 0.306. The van der Waals surface area contributed by atoms with Gasteiger partial charge in [-0.2, -0.15) is 18.3 Å². The van der Waals surface area contributed by atoms with Crippen molar-refractivity contribution >= 4 is 33.8 Å². The molecule has 210 valence electrons. The monoisotopic (exact) mass is 571 g/mol. The zero-order valence-electron chi connectivity index (χ0n) is 22.3. The van der Waals surface area contributed by atoms with Gasteiger partial charge in [0.2, 0.25) is 0 Å². The number of anilines is 1. The summed E-state index contributed by atoms with van der Waals surface area (Å²) in [5, 5.41) is 6.88. The molecule has 3 heterocycles. The number of alkyl halides is 3. The van der Waals surface area contributed by atoms with Gasteiger partial charge >= 0.3 is 6.18 Å². The van der Waals surface area contributed by atoms with Gasteiger partial charge in [-0.1, -0.05) is 20.8 Å². The Morgan fingerprint density at radius 2 is 1.85 bits per heavy atom. The number of benzene rings is 1. The number of fused-ring (bicyclic) bond motifs is 2. The van der Waals surface area contributed by atoms with E-state index in [1.165, 1.54) is 24.5 Å². The van der Waals surface area contributed by atoms with Gasteiger partial charge in [0.25, 0.3) is 11.8 Å². The van der Waals surface area contributed by atoms with Crippen molar-refractivity contribution in [3.05, 3.63) is 63.8 Å². The van der Waals surface area contributed by atoms with Crippen LogP contribution in [0.2, 0.25) is 0 Å². The number of ether oxygens (including phenoxy) is 1. The molecule has 8 nitrogen and oxygen atoms in total. The minimum absolute atomic E-state index is 0.0599. The van der Waals surface area contributed by atoms with Crippen LogP contribution >= 0.6 is 11.3 Å². The van der Waals surface area contributed by atoms with Crippen molar-refractivity contribution in [2.45, 2.75) is 46.2 Å². The Bertz CT molecular complexity index is 1620. The highest BCUT2D eigenvalue weighted by Gasteiger charge is 2.36. The second-order valence-corrected chi connectivity index (χ2v) is 12.0. The number of nitrogens with zero attached hydrogens (tertiary/aromatic N) is 3. The summed E-state index contributed by atoms with van der Waals surface area (Å²) >= 11 is 1.28. The normalized spacial score (nSPS) is 15.6. The maximum atomic E-state index is 14.0. The minimum Gasteiger partial charge on any atom is -0.497 e. The van der Waals surface area contributed by atoms with Crippen LogP contribution in [0.25, 0.3) is 16.9 Å². The van der Waals surface area contributed by atoms with Crippen molar-refractivity contribution in [2.24, 2.45) is 17.1 Å². The Labute approximate surface area is 232 Å². The predicted molar refractivity (Wildman–Crippen MR) is 146 cm³/mol. The number of amides is 2. The lowest BCUT2D eigenvalue weighted by molar-refractivity contribution is -0.142. The number of primary amides is 1. The van der Waals surface area contributed by atoms with E-state index in [1.807, 2.05) is 0 Å². The minimum atomic E-state index is -4.77. The molecular formula is C28H28F3N5O3S. The van der Waals surface area contributed by atoms with Crippen LogP contribution in [-0.4, -0.2) is 33.5 Å². The fraction of sp³-hybridized carbons (Fsp3) is 0.357. The number of methoxy groups -OCH3 is 1. The number of aromatic nitrogens is 3. The highest BCUT2D eigenvalue weighted by molar-refractivity contribution is 7.17. The SMILES string of the molecule is COc1ccc(-c2cc(C(F)(F)F)n3nc(C(=O)Nc4sc5c(c4C(N)=O)CCC(C(C)(C)C)C5)cc3n2)cc1. The number of nitrogens with two attached hydrogens (primary N) is 1. The maximum absolute atomic E-state index is 14.0. The number of thiophene rings is 1. The summed E-state index contributed by atoms with van der Waals surface area (Å²) < 4.78 is 47.8. The van der Waals surface area contributed by atoms with E-state index in [4.69, 9.17) is 10.5 Å². The molecule has 2 amide bonds. The molecule has 0 radical (unpaired) electrons. The van der Waals surface area contributed by atoms with E-state index in [9.17, 15) is 22.8 Å². The molecule has 0 saturated heterocycles. The van der Waals surface area contributed by atoms with Crippen molar-refractivity contribution in [3.8, 4) is 17.0 Å². The largest absolute Gasteiger partial charge is 0.497 e. The Morgan fingerprint density at radius 3 is 2.45 bits per heavy atom. The molecule has 1 aromatic carbocycles. The molecule has 40 heavy (non-hydrogen) atoms. The maximum Gasteiger partial charge on any atom is 0.433 e. The highest BCUT2D eigenvalue weighted by Crippen LogP contribution is 2.44. The summed E-state index contributed by atoms with van der Waals surface area (Å²) in [4.78, 5) is 30.9. The van der Waals surface area contributed by atoms with Gasteiger partial charge in [-0.25, -0.2) is 9.50 Å². The number of carbonyl (C=O) groups is 2. The zero-order valence-corrected chi connectivity index (χ0v) is 23.2. The van der Waals surface area contributed by atoms with Crippen LogP contribution in [0.5, 0.6) is 5.75 Å². The summed E-state index contributed by atoms with van der Waals surface area (Å²) in [6, 6.07) is 8.49. The van der Waals surface area contributed by atoms with Crippen molar-refractivity contribution in [2.75, 3.05) is 12.4 Å². The lowest BCUT2D eigenvalue weighted by Gasteiger charge is -2.33. The van der Waals surface area contributed by atoms with Crippen LogP contribution in [-0.2, 0) is 19.0 Å². The average Bonchev–Trinajstić information content (AvgIpc) is 3.47. The molecule has 1 aliphatic rings. The molecule has 3 aromatic heterocycles. The molecule has 1 unspecified atom stereocenters. The Morgan fingerprint density at radius 1 is 1.15 bits per heavy atom. The van der Waals surface area contributed by atoms with Crippen LogP contribution in [0.3, 0.4) is 0 Å². The van der Waals surface area contributed by atoms with Gasteiger partial charge in [-0.05, 0) is 66.5 Å². The Kier molecular flexibility index (Phi) is 6.85. The van der Waals surface area contributed by atoms with Crippen LogP contribution in [0.4, 0.5) is 18.2 Å². The number of hydrogen-bond acceptors (Lipinski definition) is 6. The summed E-state index contributed by atoms with van der Waals surface area (Å²) in [7, 11) is 1.49. The Balaban J connectivity index is 1.51. The predicted octanol–water partition coefficient (Wildman–Crippen LogP) is 5.99. The molecule has 4 aromatic rings. The summed E-state index contributed by atoms with van der Waals surface area (Å²) in [6.07, 6.45) is -2.47. The van der Waals surface area contributed by atoms with E-state index in [0.29, 0.717) is 28.2 Å². The van der Waals surface area contributed by atoms with Crippen LogP contribution in [0.15, 0.2) is 36.4 Å². The smallest absolute Gasteiger partial charge is 0.433 e. The van der Waals surface area contributed by atoms with Crippen LogP contribution < -0.4 is 15.8 Å². The fourth-order valence-electron chi connectivity index (χ4n) is 5.04. The van der Waals surface area contributed by atoms with Gasteiger partial charge in [0, 0.05) is 16.5 Å². The molecule has 0 aliphatic heterocycles. The molecule has 0 spiro atoms. The van der Waals surface area contributed by atoms with Crippen molar-refractivity contribution in [1.29, 1.82) is 0 Å². The highest BCUT2D eigenvalue weighted by atomic mass is 32.1. The first kappa shape index (κ1) is 27.6. The molecule has 0 fully saturated rings. The van der Waals surface area contributed by atoms with Gasteiger partial charge in [0.1, 0.15) is 10.8 Å². The second-order valence-electron chi connectivity index (χ2n) is 10.9. The molecule has 0 bridgehead atoms. The third kappa shape index (κ3) is 5.15. The Hall–Kier alpha value is -3.93. The number of halogens is 3. The van der Waals surface area contributed by atoms with E-state index in [1.54, 1.807) is 24.3 Å². The third-order valence-corrected chi connectivity index (χ3v) is 8.47. The van der Waals surface area contributed by atoms with E-state index >= 15 is 0 Å². The summed E-state index contributed by atoms with van der Waals surface area (Å²) in [5.41, 5.74) is 5.82. The molecule has 0 saturated carbocycles. The molecule has 3 N–H and O–H groups in total. The van der Waals surface area contributed by atoms with Crippen LogP contribution in [0.1, 0.15) is 64.2 Å². The lowest BCUT2D eigenvalue weighted by atomic mass is 9.72. The zero-order chi connectivity index (χ0) is 29.0. The number of nitrogens with one attached hydrogen (secondary N) is 1. The molecular weight excluding hydrogens is 543 g/mol. The first-order chi connectivity index (χ1) is 18.8. The first-order valence-corrected chi connectivity index (χ1v) is 13.5. The summed E-state index contributed by atoms with van der Waals surface area (Å²) in [6.45, 7) is 6.50. The van der Waals surface area contributed by atoms with Crippen molar-refractivity contribution in [1.82, 2.24) is 14.6 Å². The molecule has 12 heteroatoms. The average molecular weight is 572 g/mol. The van der Waals surface area contributed by atoms with Gasteiger partial charge in [0.15, 0.2) is 17.0 Å². The second kappa shape index (κ2) is 9.92. The molecule has 5 rings (SSSR count). The van der Waals surface area contributed by atoms with Gasteiger partial charge in [-0.3, -0.25) is 9.59 Å². The standard InChI is InChI=1S/C28H28F3N5O3S/c1-27(2,3)15-7-10-17-20(11-15)40-26(23(17)24(32)37)34-25(38)19-13-22-33-18(14-5-8-16(39-4)9-6-14)12-21(28(29,30)31)36(22)35-19/h5-6,8-9,12-13,15H,7,10-11H2,1-4H3,(H2,32,37)(H,34,38). The fourth-order valence-corrected chi connectivity index (χ4v) is 6.37. The van der Waals surface area contributed by atoms with Gasteiger partial charge in [-0.15, -0.1) is 11.3 Å².